The lowest BCUT2D eigenvalue weighted by Gasteiger charge is -2.25. The Hall–Kier alpha value is -2.61. The molecule has 108 valence electrons. The summed E-state index contributed by atoms with van der Waals surface area (Å²) in [6.07, 6.45) is 0. The summed E-state index contributed by atoms with van der Waals surface area (Å²) in [5.74, 6) is 0.130. The van der Waals surface area contributed by atoms with E-state index in [1.54, 1.807) is 4.90 Å². The Morgan fingerprint density at radius 3 is 2.32 bits per heavy atom. The number of carbonyl (C=O) groups excluding carboxylic acids is 1. The van der Waals surface area contributed by atoms with Crippen LogP contribution in [-0.2, 0) is 10.2 Å². The Kier molecular flexibility index (Phi) is 2.64. The Balaban J connectivity index is 2.08. The molecule has 2 heteroatoms. The molecule has 0 unspecified atom stereocenters. The van der Waals surface area contributed by atoms with Crippen LogP contribution < -0.4 is 4.90 Å². The summed E-state index contributed by atoms with van der Waals surface area (Å²) in [6, 6.07) is 22.6. The van der Waals surface area contributed by atoms with Gasteiger partial charge in [0.15, 0.2) is 0 Å². The lowest BCUT2D eigenvalue weighted by Crippen LogP contribution is -2.37. The van der Waals surface area contributed by atoms with Crippen LogP contribution in [0.5, 0.6) is 0 Å². The summed E-state index contributed by atoms with van der Waals surface area (Å²) in [7, 11) is 1.86. The lowest BCUT2D eigenvalue weighted by molar-refractivity contribution is -0.121. The number of fused-ring (bicyclic) bond motifs is 2. The van der Waals surface area contributed by atoms with Crippen molar-refractivity contribution in [3.8, 4) is 0 Å². The molecule has 4 rings (SSSR count). The van der Waals surface area contributed by atoms with Crippen molar-refractivity contribution in [2.45, 2.75) is 12.3 Å². The average Bonchev–Trinajstić information content (AvgIpc) is 2.77. The van der Waals surface area contributed by atoms with E-state index in [-0.39, 0.29) is 5.91 Å². The number of benzene rings is 3. The number of hydrogen-bond acceptors (Lipinski definition) is 1. The van der Waals surface area contributed by atoms with Gasteiger partial charge in [-0.2, -0.15) is 0 Å². The molecule has 2 nitrogen and oxygen atoms in total. The predicted octanol–water partition coefficient (Wildman–Crippen LogP) is 4.12. The third-order valence-corrected chi connectivity index (χ3v) is 4.86. The molecular formula is C20H17NO. The minimum atomic E-state index is -0.633. The highest BCUT2D eigenvalue weighted by molar-refractivity contribution is 6.11. The van der Waals surface area contributed by atoms with Gasteiger partial charge in [0.05, 0.1) is 5.41 Å². The second-order valence-electron chi connectivity index (χ2n) is 6.03. The fourth-order valence-electron chi connectivity index (χ4n) is 3.67. The zero-order valence-electron chi connectivity index (χ0n) is 12.7. The summed E-state index contributed by atoms with van der Waals surface area (Å²) in [6.45, 7) is 2.04. The normalized spacial score (nSPS) is 20.5. The molecule has 0 aliphatic carbocycles. The molecule has 0 spiro atoms. The van der Waals surface area contributed by atoms with E-state index in [1.165, 1.54) is 5.39 Å². The van der Waals surface area contributed by atoms with E-state index in [0.29, 0.717) is 0 Å². The number of anilines is 1. The molecule has 0 radical (unpaired) electrons. The van der Waals surface area contributed by atoms with Gasteiger partial charge in [-0.25, -0.2) is 0 Å². The van der Waals surface area contributed by atoms with Crippen LogP contribution in [0.1, 0.15) is 18.1 Å². The number of rotatable bonds is 1. The van der Waals surface area contributed by atoms with Gasteiger partial charge in [-0.3, -0.25) is 4.79 Å². The van der Waals surface area contributed by atoms with E-state index in [4.69, 9.17) is 0 Å². The quantitative estimate of drug-likeness (QED) is 0.659. The highest BCUT2D eigenvalue weighted by Gasteiger charge is 2.47. The van der Waals surface area contributed by atoms with Gasteiger partial charge in [-0.05, 0) is 34.9 Å². The van der Waals surface area contributed by atoms with Gasteiger partial charge >= 0.3 is 0 Å². The topological polar surface area (TPSA) is 20.3 Å². The Morgan fingerprint density at radius 2 is 1.45 bits per heavy atom. The Morgan fingerprint density at radius 1 is 0.818 bits per heavy atom. The van der Waals surface area contributed by atoms with Crippen molar-refractivity contribution < 1.29 is 4.79 Å². The zero-order valence-corrected chi connectivity index (χ0v) is 12.7. The fourth-order valence-corrected chi connectivity index (χ4v) is 3.67. The van der Waals surface area contributed by atoms with Gasteiger partial charge in [-0.15, -0.1) is 0 Å². The number of para-hydroxylation sites is 1. The monoisotopic (exact) mass is 287 g/mol. The van der Waals surface area contributed by atoms with Crippen LogP contribution in [-0.4, -0.2) is 13.0 Å². The van der Waals surface area contributed by atoms with Crippen molar-refractivity contribution in [3.63, 3.8) is 0 Å². The third kappa shape index (κ3) is 1.52. The van der Waals surface area contributed by atoms with Gasteiger partial charge in [0.25, 0.3) is 0 Å². The van der Waals surface area contributed by atoms with Gasteiger partial charge in [-0.1, -0.05) is 60.7 Å². The molecule has 1 aliphatic heterocycles. The summed E-state index contributed by atoms with van der Waals surface area (Å²) in [5, 5.41) is 2.31. The molecule has 1 aliphatic rings. The van der Waals surface area contributed by atoms with Gasteiger partial charge in [0.1, 0.15) is 0 Å². The molecule has 3 aromatic rings. The first-order valence-electron chi connectivity index (χ1n) is 7.50. The summed E-state index contributed by atoms with van der Waals surface area (Å²) in [4.78, 5) is 14.8. The second kappa shape index (κ2) is 4.44. The molecular weight excluding hydrogens is 270 g/mol. The lowest BCUT2D eigenvalue weighted by atomic mass is 9.75. The zero-order chi connectivity index (χ0) is 15.3. The van der Waals surface area contributed by atoms with E-state index in [2.05, 4.69) is 30.3 Å². The Labute approximate surface area is 130 Å². The number of likely N-dealkylation sites (N-methyl/N-ethyl adjacent to an activating group) is 1. The SMILES string of the molecule is CN1C(=O)[C@@](C)(c2cccc3ccccc23)c2ccccc21. The molecule has 0 saturated carbocycles. The molecule has 0 bridgehead atoms. The van der Waals surface area contributed by atoms with Crippen molar-refractivity contribution in [1.29, 1.82) is 0 Å². The third-order valence-electron chi connectivity index (χ3n) is 4.86. The molecule has 1 heterocycles. The summed E-state index contributed by atoms with van der Waals surface area (Å²) >= 11 is 0. The van der Waals surface area contributed by atoms with E-state index in [9.17, 15) is 4.79 Å². The highest BCUT2D eigenvalue weighted by Crippen LogP contribution is 2.46. The number of carbonyl (C=O) groups is 1. The summed E-state index contributed by atoms with van der Waals surface area (Å²) in [5.41, 5.74) is 2.53. The molecule has 0 aromatic heterocycles. The standard InChI is InChI=1S/C20H17NO/c1-20(16-12-7-9-14-8-3-4-10-15(14)16)17-11-5-6-13-18(17)21(2)19(20)22/h3-13H,1-2H3/t20-/m0/s1. The Bertz CT molecular complexity index is 894. The minimum Gasteiger partial charge on any atom is -0.314 e. The van der Waals surface area contributed by atoms with Crippen LogP contribution in [0.3, 0.4) is 0 Å². The van der Waals surface area contributed by atoms with Crippen LogP contribution in [0.25, 0.3) is 10.8 Å². The highest BCUT2D eigenvalue weighted by atomic mass is 16.2. The average molecular weight is 287 g/mol. The van der Waals surface area contributed by atoms with Crippen LogP contribution >= 0.6 is 0 Å². The predicted molar refractivity (Wildman–Crippen MR) is 90.3 cm³/mol. The van der Waals surface area contributed by atoms with Crippen LogP contribution in [0.15, 0.2) is 66.7 Å². The maximum Gasteiger partial charge on any atom is 0.241 e. The molecule has 1 amide bonds. The first kappa shape index (κ1) is 13.1. The molecule has 1 atom stereocenters. The first-order chi connectivity index (χ1) is 10.6. The van der Waals surface area contributed by atoms with Crippen LogP contribution in [0.2, 0.25) is 0 Å². The summed E-state index contributed by atoms with van der Waals surface area (Å²) < 4.78 is 0. The number of nitrogens with zero attached hydrogens (tertiary/aromatic N) is 1. The molecule has 0 fully saturated rings. The van der Waals surface area contributed by atoms with E-state index in [0.717, 1.165) is 22.2 Å². The van der Waals surface area contributed by atoms with Gasteiger partial charge in [0, 0.05) is 12.7 Å². The molecule has 0 N–H and O–H groups in total. The van der Waals surface area contributed by atoms with E-state index in [1.807, 2.05) is 50.4 Å². The smallest absolute Gasteiger partial charge is 0.241 e. The second-order valence-corrected chi connectivity index (χ2v) is 6.03. The van der Waals surface area contributed by atoms with Crippen LogP contribution in [0.4, 0.5) is 5.69 Å². The number of hydrogen-bond donors (Lipinski definition) is 0. The van der Waals surface area contributed by atoms with Crippen molar-refractivity contribution >= 4 is 22.4 Å². The van der Waals surface area contributed by atoms with E-state index >= 15 is 0 Å². The van der Waals surface area contributed by atoms with Gasteiger partial charge < -0.3 is 4.90 Å². The first-order valence-corrected chi connectivity index (χ1v) is 7.50. The molecule has 0 saturated heterocycles. The maximum absolute atomic E-state index is 13.1. The van der Waals surface area contributed by atoms with E-state index < -0.39 is 5.41 Å². The van der Waals surface area contributed by atoms with Crippen LogP contribution in [0, 0.1) is 0 Å². The maximum atomic E-state index is 13.1. The number of amides is 1. The largest absolute Gasteiger partial charge is 0.314 e. The van der Waals surface area contributed by atoms with Crippen molar-refractivity contribution in [3.05, 3.63) is 77.9 Å². The minimum absolute atomic E-state index is 0.130. The molecule has 22 heavy (non-hydrogen) atoms. The molecule has 3 aromatic carbocycles. The van der Waals surface area contributed by atoms with Crippen molar-refractivity contribution in [1.82, 2.24) is 0 Å². The van der Waals surface area contributed by atoms with Crippen molar-refractivity contribution in [2.75, 3.05) is 11.9 Å². The van der Waals surface area contributed by atoms with Crippen molar-refractivity contribution in [2.24, 2.45) is 0 Å². The fraction of sp³-hybridized carbons (Fsp3) is 0.150. The van der Waals surface area contributed by atoms with Gasteiger partial charge in [0.2, 0.25) is 5.91 Å².